The van der Waals surface area contributed by atoms with Crippen molar-refractivity contribution in [3.63, 3.8) is 0 Å². The number of hydrogen-bond donors (Lipinski definition) is 4. The van der Waals surface area contributed by atoms with E-state index in [0.29, 0.717) is 23.0 Å². The second-order valence-corrected chi connectivity index (χ2v) is 12.7. The lowest BCUT2D eigenvalue weighted by atomic mass is 10.0. The number of halogens is 2. The van der Waals surface area contributed by atoms with Crippen LogP contribution in [-0.2, 0) is 16.6 Å². The van der Waals surface area contributed by atoms with Crippen LogP contribution in [0.1, 0.15) is 39.1 Å². The Hall–Kier alpha value is -4.65. The Balaban J connectivity index is 0.00000480. The molecule has 1 saturated heterocycles. The van der Waals surface area contributed by atoms with Gasteiger partial charge in [0, 0.05) is 48.3 Å². The normalized spacial score (nSPS) is 13.7. The van der Waals surface area contributed by atoms with Crippen LogP contribution in [0.2, 0.25) is 0 Å². The predicted octanol–water partition coefficient (Wildman–Crippen LogP) is 5.84. The summed E-state index contributed by atoms with van der Waals surface area (Å²) in [4.78, 5) is 26.8. The fraction of sp³-hybridized carbons (Fsp3) is 0.212. The summed E-state index contributed by atoms with van der Waals surface area (Å²) < 4.78 is 44.3. The third-order valence-corrected chi connectivity index (χ3v) is 7.92. The third kappa shape index (κ3) is 9.67. The number of hydrogen-bond acceptors (Lipinski definition) is 7. The van der Waals surface area contributed by atoms with E-state index < -0.39 is 15.9 Å². The number of carbonyl (C=O) groups is 2. The molecular weight excluding hydrogens is 633 g/mol. The van der Waals surface area contributed by atoms with Crippen LogP contribution in [0, 0.1) is 5.82 Å². The van der Waals surface area contributed by atoms with Crippen LogP contribution in [0.15, 0.2) is 91.0 Å². The Kier molecular flexibility index (Phi) is 11.2. The summed E-state index contributed by atoms with van der Waals surface area (Å²) in [5, 5.41) is 6.33. The highest BCUT2D eigenvalue weighted by atomic mass is 35.5. The van der Waals surface area contributed by atoms with Gasteiger partial charge in [-0.15, -0.1) is 12.4 Å². The van der Waals surface area contributed by atoms with Crippen molar-refractivity contribution in [2.75, 3.05) is 34.7 Å². The number of primary amides is 1. The number of nitrogens with two attached hydrogens (primary N) is 1. The van der Waals surface area contributed by atoms with Gasteiger partial charge in [-0.05, 0) is 97.3 Å². The van der Waals surface area contributed by atoms with Gasteiger partial charge in [0.1, 0.15) is 17.3 Å². The molecule has 1 fully saturated rings. The Morgan fingerprint density at radius 3 is 2.11 bits per heavy atom. The molecule has 5 N–H and O–H groups in total. The Labute approximate surface area is 273 Å². The molecule has 0 saturated carbocycles. The highest BCUT2D eigenvalue weighted by Crippen LogP contribution is 2.29. The number of benzene rings is 4. The maximum Gasteiger partial charge on any atom is 0.255 e. The summed E-state index contributed by atoms with van der Waals surface area (Å²) in [6, 6.07) is 25.2. The topological polar surface area (TPSA) is 143 Å². The highest BCUT2D eigenvalue weighted by Gasteiger charge is 2.20. The molecule has 10 nitrogen and oxygen atoms in total. The van der Waals surface area contributed by atoms with Crippen molar-refractivity contribution in [2.24, 2.45) is 5.73 Å². The van der Waals surface area contributed by atoms with Crippen molar-refractivity contribution in [3.8, 4) is 11.5 Å². The fourth-order valence-electron chi connectivity index (χ4n) is 5.06. The summed E-state index contributed by atoms with van der Waals surface area (Å²) in [7, 11) is -3.51. The summed E-state index contributed by atoms with van der Waals surface area (Å²) in [5.74, 6) is -0.599. The van der Waals surface area contributed by atoms with Gasteiger partial charge in [-0.1, -0.05) is 12.1 Å². The smallest absolute Gasteiger partial charge is 0.255 e. The number of ether oxygens (including phenoxy) is 1. The zero-order valence-corrected chi connectivity index (χ0v) is 26.7. The van der Waals surface area contributed by atoms with Gasteiger partial charge in [-0.3, -0.25) is 19.2 Å². The number of nitrogens with zero attached hydrogens (tertiary/aromatic N) is 1. The highest BCUT2D eigenvalue weighted by molar-refractivity contribution is 7.92. The summed E-state index contributed by atoms with van der Waals surface area (Å²) in [6.07, 6.45) is 2.95. The van der Waals surface area contributed by atoms with Crippen LogP contribution >= 0.6 is 12.4 Å². The summed E-state index contributed by atoms with van der Waals surface area (Å²) in [6.45, 7) is 2.62. The minimum absolute atomic E-state index is 0. The van der Waals surface area contributed by atoms with Gasteiger partial charge in [0.05, 0.1) is 11.8 Å². The number of nitrogens with one attached hydrogen (secondary N) is 3. The molecule has 2 amide bonds. The molecule has 1 aliphatic rings. The Bertz CT molecular complexity index is 1760. The van der Waals surface area contributed by atoms with Gasteiger partial charge in [0.15, 0.2) is 0 Å². The molecule has 5 rings (SSSR count). The average molecular weight is 668 g/mol. The minimum atomic E-state index is -3.51. The molecule has 0 radical (unpaired) electrons. The average Bonchev–Trinajstić information content (AvgIpc) is 3.00. The number of likely N-dealkylation sites (tertiary alicyclic amines) is 1. The molecule has 242 valence electrons. The fourth-order valence-corrected chi connectivity index (χ4v) is 5.62. The number of sulfonamides is 1. The molecule has 0 atom stereocenters. The predicted molar refractivity (Wildman–Crippen MR) is 180 cm³/mol. The monoisotopic (exact) mass is 667 g/mol. The summed E-state index contributed by atoms with van der Waals surface area (Å²) in [5.41, 5.74) is 8.89. The quantitative estimate of drug-likeness (QED) is 0.157. The molecule has 0 unspecified atom stereocenters. The Morgan fingerprint density at radius 1 is 0.891 bits per heavy atom. The van der Waals surface area contributed by atoms with Gasteiger partial charge >= 0.3 is 0 Å². The standard InChI is InChI=1S/C33H34FN5O5S.ClH/c1-45(42,43)38-28-12-15-31(30(20-28)32(35)40)44-29-13-2-22(3-14-29)21-39-18-16-27(17-19-39)36-25-8-4-23(5-9-25)33(41)37-26-10-6-24(34)7-11-26;/h2-15,20,27,36,38H,16-19,21H2,1H3,(H2,35,40)(H,37,41);1H. The maximum atomic E-state index is 13.1. The van der Waals surface area contributed by atoms with E-state index in [1.807, 2.05) is 36.4 Å². The van der Waals surface area contributed by atoms with Crippen LogP contribution < -0.4 is 25.8 Å². The molecule has 4 aromatic carbocycles. The molecule has 0 spiro atoms. The van der Waals surface area contributed by atoms with E-state index in [9.17, 15) is 22.4 Å². The number of piperidine rings is 1. The van der Waals surface area contributed by atoms with Crippen molar-refractivity contribution >= 4 is 51.3 Å². The van der Waals surface area contributed by atoms with E-state index in [-0.39, 0.29) is 41.1 Å². The van der Waals surface area contributed by atoms with Crippen molar-refractivity contribution in [2.45, 2.75) is 25.4 Å². The lowest BCUT2D eigenvalue weighted by Crippen LogP contribution is -2.38. The van der Waals surface area contributed by atoms with E-state index in [1.54, 1.807) is 12.1 Å². The van der Waals surface area contributed by atoms with Gasteiger partial charge in [0.25, 0.3) is 11.8 Å². The molecule has 0 aromatic heterocycles. The molecular formula is C33H35ClFN5O5S. The molecule has 46 heavy (non-hydrogen) atoms. The maximum absolute atomic E-state index is 13.1. The van der Waals surface area contributed by atoms with Crippen LogP contribution in [0.25, 0.3) is 0 Å². The lowest BCUT2D eigenvalue weighted by molar-refractivity contribution is 0.0995. The van der Waals surface area contributed by atoms with E-state index in [4.69, 9.17) is 10.5 Å². The van der Waals surface area contributed by atoms with E-state index in [0.717, 1.165) is 50.0 Å². The molecule has 13 heteroatoms. The number of anilines is 3. The Morgan fingerprint density at radius 2 is 1.50 bits per heavy atom. The van der Waals surface area contributed by atoms with Crippen LogP contribution in [0.4, 0.5) is 21.5 Å². The first kappa shape index (κ1) is 34.2. The number of amides is 2. The van der Waals surface area contributed by atoms with Gasteiger partial charge in [0.2, 0.25) is 10.0 Å². The number of carbonyl (C=O) groups excluding carboxylic acids is 2. The first-order valence-corrected chi connectivity index (χ1v) is 16.2. The molecule has 1 heterocycles. The zero-order valence-electron chi connectivity index (χ0n) is 25.0. The molecule has 0 bridgehead atoms. The first-order chi connectivity index (χ1) is 21.5. The van der Waals surface area contributed by atoms with E-state index >= 15 is 0 Å². The zero-order chi connectivity index (χ0) is 32.0. The largest absolute Gasteiger partial charge is 0.457 e. The van der Waals surface area contributed by atoms with Gasteiger partial charge in [-0.2, -0.15) is 0 Å². The third-order valence-electron chi connectivity index (χ3n) is 7.31. The minimum Gasteiger partial charge on any atom is -0.457 e. The van der Waals surface area contributed by atoms with Crippen molar-refractivity contribution in [1.82, 2.24) is 4.90 Å². The molecule has 1 aliphatic heterocycles. The summed E-state index contributed by atoms with van der Waals surface area (Å²) >= 11 is 0. The molecule has 0 aliphatic carbocycles. The van der Waals surface area contributed by atoms with Crippen molar-refractivity contribution < 1.29 is 27.1 Å². The van der Waals surface area contributed by atoms with Crippen LogP contribution in [-0.4, -0.2) is 50.5 Å². The SMILES string of the molecule is CS(=O)(=O)Nc1ccc(Oc2ccc(CN3CCC(Nc4ccc(C(=O)Nc5ccc(F)cc5)cc4)CC3)cc2)c(C(N)=O)c1.Cl. The van der Waals surface area contributed by atoms with Gasteiger partial charge in [-0.25, -0.2) is 12.8 Å². The lowest BCUT2D eigenvalue weighted by Gasteiger charge is -2.33. The van der Waals surface area contributed by atoms with Gasteiger partial charge < -0.3 is 21.1 Å². The van der Waals surface area contributed by atoms with Crippen LogP contribution in [0.3, 0.4) is 0 Å². The van der Waals surface area contributed by atoms with Crippen molar-refractivity contribution in [3.05, 3.63) is 114 Å². The van der Waals surface area contributed by atoms with E-state index in [1.165, 1.54) is 42.5 Å². The number of rotatable bonds is 11. The second kappa shape index (κ2) is 15.1. The molecule has 4 aromatic rings. The van der Waals surface area contributed by atoms with E-state index in [2.05, 4.69) is 20.3 Å². The van der Waals surface area contributed by atoms with Crippen LogP contribution in [0.5, 0.6) is 11.5 Å². The first-order valence-electron chi connectivity index (χ1n) is 14.3. The van der Waals surface area contributed by atoms with Crippen molar-refractivity contribution in [1.29, 1.82) is 0 Å². The second-order valence-electron chi connectivity index (χ2n) is 10.9.